The van der Waals surface area contributed by atoms with Crippen LogP contribution in [0.15, 0.2) is 24.3 Å². The van der Waals surface area contributed by atoms with Gasteiger partial charge in [0.1, 0.15) is 0 Å². The van der Waals surface area contributed by atoms with E-state index in [0.29, 0.717) is 0 Å². The molecule has 0 atom stereocenters. The van der Waals surface area contributed by atoms with Crippen LogP contribution in [0.25, 0.3) is 0 Å². The van der Waals surface area contributed by atoms with Gasteiger partial charge < -0.3 is 0 Å². The lowest BCUT2D eigenvalue weighted by molar-refractivity contribution is 0.660. The van der Waals surface area contributed by atoms with E-state index in [9.17, 15) is 0 Å². The van der Waals surface area contributed by atoms with Crippen molar-refractivity contribution in [2.75, 3.05) is 0 Å². The highest BCUT2D eigenvalue weighted by Crippen LogP contribution is 2.21. The minimum atomic E-state index is 1.06. The predicted octanol–water partition coefficient (Wildman–Crippen LogP) is 5.68. The van der Waals surface area contributed by atoms with Gasteiger partial charge in [-0.05, 0) is 56.7 Å². The molecule has 0 nitrogen and oxygen atoms in total. The molecule has 18 heavy (non-hydrogen) atoms. The molecule has 0 N–H and O–H groups in total. The maximum absolute atomic E-state index is 4.25. The molecule has 1 aromatic rings. The molecule has 0 aromatic heterocycles. The Labute approximate surface area is 113 Å². The molecule has 0 unspecified atom stereocenters. The Hall–Kier alpha value is -1.04. The number of allylic oxidation sites excluding steroid dienone is 1. The summed E-state index contributed by atoms with van der Waals surface area (Å²) in [5, 5.41) is 0. The van der Waals surface area contributed by atoms with Crippen LogP contribution in [0.3, 0.4) is 0 Å². The van der Waals surface area contributed by atoms with Gasteiger partial charge in [0.25, 0.3) is 0 Å². The van der Waals surface area contributed by atoms with Crippen molar-refractivity contribution in [2.24, 2.45) is 0 Å². The number of hydrogen-bond donors (Lipinski definition) is 0. The average Bonchev–Trinajstić information content (AvgIpc) is 2.29. The fourth-order valence-corrected chi connectivity index (χ4v) is 2.63. The third-order valence-electron chi connectivity index (χ3n) is 3.65. The van der Waals surface area contributed by atoms with E-state index < -0.39 is 0 Å². The van der Waals surface area contributed by atoms with E-state index in [1.165, 1.54) is 59.9 Å². The molecule has 100 valence electrons. The van der Waals surface area contributed by atoms with Crippen molar-refractivity contribution >= 4 is 0 Å². The molecule has 0 aliphatic carbocycles. The number of benzene rings is 1. The van der Waals surface area contributed by atoms with Crippen LogP contribution in [0.4, 0.5) is 0 Å². The summed E-state index contributed by atoms with van der Waals surface area (Å²) >= 11 is 0. The first kappa shape index (κ1) is 15.0. The van der Waals surface area contributed by atoms with E-state index in [1.807, 2.05) is 0 Å². The smallest absolute Gasteiger partial charge is 0.00646 e. The molecule has 0 heterocycles. The molecule has 0 fully saturated rings. The van der Waals surface area contributed by atoms with Crippen LogP contribution in [0, 0.1) is 20.8 Å². The van der Waals surface area contributed by atoms with E-state index >= 15 is 0 Å². The topological polar surface area (TPSA) is 0 Å². The van der Waals surface area contributed by atoms with Gasteiger partial charge in [0, 0.05) is 0 Å². The Kier molecular flexibility index (Phi) is 6.18. The lowest BCUT2D eigenvalue weighted by Crippen LogP contribution is -1.97. The maximum Gasteiger partial charge on any atom is -0.00646 e. The van der Waals surface area contributed by atoms with Crippen LogP contribution in [0.1, 0.15) is 61.3 Å². The van der Waals surface area contributed by atoms with Crippen LogP contribution < -0.4 is 0 Å². The molecule has 0 radical (unpaired) electrons. The van der Waals surface area contributed by atoms with Crippen LogP contribution >= 0.6 is 0 Å². The highest BCUT2D eigenvalue weighted by molar-refractivity contribution is 5.39. The standard InChI is InChI=1S/C18H28/c1-6-7-8-9-10-14(2)13-18-16(4)11-15(3)12-17(18)5/h11-12H,2,6-10,13H2,1,3-5H3. The number of rotatable bonds is 7. The molecule has 0 bridgehead atoms. The van der Waals surface area contributed by atoms with Crippen molar-refractivity contribution in [1.82, 2.24) is 0 Å². The lowest BCUT2D eigenvalue weighted by Gasteiger charge is -2.13. The van der Waals surface area contributed by atoms with Gasteiger partial charge in [0.2, 0.25) is 0 Å². The Morgan fingerprint density at radius 3 is 2.17 bits per heavy atom. The van der Waals surface area contributed by atoms with Crippen LogP contribution in [0.5, 0.6) is 0 Å². The second kappa shape index (κ2) is 7.41. The van der Waals surface area contributed by atoms with E-state index in [2.05, 4.69) is 46.4 Å². The van der Waals surface area contributed by atoms with E-state index in [1.54, 1.807) is 0 Å². The summed E-state index contributed by atoms with van der Waals surface area (Å²) in [5.41, 5.74) is 7.08. The van der Waals surface area contributed by atoms with Gasteiger partial charge in [0.15, 0.2) is 0 Å². The van der Waals surface area contributed by atoms with Gasteiger partial charge in [-0.25, -0.2) is 0 Å². The zero-order valence-corrected chi connectivity index (χ0v) is 12.6. The van der Waals surface area contributed by atoms with Gasteiger partial charge in [-0.2, -0.15) is 0 Å². The van der Waals surface area contributed by atoms with Crippen molar-refractivity contribution in [3.63, 3.8) is 0 Å². The Balaban J connectivity index is 2.54. The van der Waals surface area contributed by atoms with Crippen molar-refractivity contribution in [2.45, 2.75) is 66.2 Å². The van der Waals surface area contributed by atoms with Gasteiger partial charge >= 0.3 is 0 Å². The molecule has 0 spiro atoms. The van der Waals surface area contributed by atoms with Crippen molar-refractivity contribution < 1.29 is 0 Å². The average molecular weight is 244 g/mol. The fourth-order valence-electron chi connectivity index (χ4n) is 2.63. The third-order valence-corrected chi connectivity index (χ3v) is 3.65. The number of aryl methyl sites for hydroxylation is 3. The molecule has 0 saturated heterocycles. The SMILES string of the molecule is C=C(CCCCCC)Cc1c(C)cc(C)cc1C. The van der Waals surface area contributed by atoms with Crippen molar-refractivity contribution in [1.29, 1.82) is 0 Å². The molecule has 0 saturated carbocycles. The third kappa shape index (κ3) is 4.68. The highest BCUT2D eigenvalue weighted by atomic mass is 14.1. The molecular weight excluding hydrogens is 216 g/mol. The van der Waals surface area contributed by atoms with E-state index in [4.69, 9.17) is 0 Å². The molecule has 1 aromatic carbocycles. The summed E-state index contributed by atoms with van der Waals surface area (Å²) in [4.78, 5) is 0. The van der Waals surface area contributed by atoms with E-state index in [-0.39, 0.29) is 0 Å². The van der Waals surface area contributed by atoms with E-state index in [0.717, 1.165) is 6.42 Å². The van der Waals surface area contributed by atoms with Gasteiger partial charge in [-0.3, -0.25) is 0 Å². The first-order valence-corrected chi connectivity index (χ1v) is 7.28. The second-order valence-electron chi connectivity index (χ2n) is 5.61. The summed E-state index contributed by atoms with van der Waals surface area (Å²) in [6, 6.07) is 4.57. The first-order chi connectivity index (χ1) is 8.54. The van der Waals surface area contributed by atoms with Crippen molar-refractivity contribution in [3.05, 3.63) is 46.5 Å². The summed E-state index contributed by atoms with van der Waals surface area (Å²) in [7, 11) is 0. The summed E-state index contributed by atoms with van der Waals surface area (Å²) in [6.07, 6.45) is 7.56. The summed E-state index contributed by atoms with van der Waals surface area (Å²) in [6.45, 7) is 13.1. The number of hydrogen-bond acceptors (Lipinski definition) is 0. The lowest BCUT2D eigenvalue weighted by atomic mass is 9.93. The molecule has 0 aliphatic heterocycles. The van der Waals surface area contributed by atoms with Crippen LogP contribution in [0.2, 0.25) is 0 Å². The Morgan fingerprint density at radius 1 is 1.00 bits per heavy atom. The zero-order valence-electron chi connectivity index (χ0n) is 12.6. The van der Waals surface area contributed by atoms with Crippen LogP contribution in [-0.4, -0.2) is 0 Å². The molecule has 0 aliphatic rings. The molecule has 0 heteroatoms. The summed E-state index contributed by atoms with van der Waals surface area (Å²) < 4.78 is 0. The zero-order chi connectivity index (χ0) is 13.5. The maximum atomic E-state index is 4.25. The highest BCUT2D eigenvalue weighted by Gasteiger charge is 2.05. The molecular formula is C18H28. The first-order valence-electron chi connectivity index (χ1n) is 7.28. The molecule has 1 rings (SSSR count). The fraction of sp³-hybridized carbons (Fsp3) is 0.556. The van der Waals surface area contributed by atoms with Gasteiger partial charge in [0.05, 0.1) is 0 Å². The van der Waals surface area contributed by atoms with Crippen molar-refractivity contribution in [3.8, 4) is 0 Å². The monoisotopic (exact) mass is 244 g/mol. The Morgan fingerprint density at radius 2 is 1.61 bits per heavy atom. The quantitative estimate of drug-likeness (QED) is 0.427. The Bertz CT molecular complexity index is 375. The summed E-state index contributed by atoms with van der Waals surface area (Å²) in [5.74, 6) is 0. The van der Waals surface area contributed by atoms with Crippen LogP contribution in [-0.2, 0) is 6.42 Å². The largest absolute Gasteiger partial charge is 0.0995 e. The van der Waals surface area contributed by atoms with Gasteiger partial charge in [-0.15, -0.1) is 0 Å². The minimum absolute atomic E-state index is 1.06. The normalized spacial score (nSPS) is 10.7. The minimum Gasteiger partial charge on any atom is -0.0995 e. The predicted molar refractivity (Wildman–Crippen MR) is 82.3 cm³/mol. The van der Waals surface area contributed by atoms with Gasteiger partial charge in [-0.1, -0.05) is 56.0 Å². The molecule has 0 amide bonds. The second-order valence-corrected chi connectivity index (χ2v) is 5.61. The number of unbranched alkanes of at least 4 members (excludes halogenated alkanes) is 3.